The second-order valence-electron chi connectivity index (χ2n) is 4.07. The first kappa shape index (κ1) is 12.6. The van der Waals surface area contributed by atoms with Gasteiger partial charge >= 0.3 is 0 Å². The summed E-state index contributed by atoms with van der Waals surface area (Å²) in [5.41, 5.74) is 0. The van der Waals surface area contributed by atoms with Crippen LogP contribution in [0, 0.1) is 17.8 Å². The molecule has 0 fully saturated rings. The summed E-state index contributed by atoms with van der Waals surface area (Å²) in [4.78, 5) is 0. The van der Waals surface area contributed by atoms with E-state index in [4.69, 9.17) is 0 Å². The molecule has 0 bridgehead atoms. The average molecular weight is 180 g/mol. The van der Waals surface area contributed by atoms with Crippen molar-refractivity contribution >= 4 is 0 Å². The minimum Gasteiger partial charge on any atom is -0.103 e. The summed E-state index contributed by atoms with van der Waals surface area (Å²) in [7, 11) is 0. The number of hydrogen-bond donors (Lipinski definition) is 0. The second-order valence-corrected chi connectivity index (χ2v) is 4.07. The average Bonchev–Trinajstić information content (AvgIpc) is 2.04. The van der Waals surface area contributed by atoms with Crippen LogP contribution in [-0.2, 0) is 0 Å². The lowest BCUT2D eigenvalue weighted by Crippen LogP contribution is -1.80. The normalized spacial score (nSPS) is 16.0. The predicted molar refractivity (Wildman–Crippen MR) is 60.6 cm³/mol. The van der Waals surface area contributed by atoms with Crippen molar-refractivity contribution < 1.29 is 0 Å². The van der Waals surface area contributed by atoms with E-state index in [0.717, 1.165) is 18.8 Å². The highest BCUT2D eigenvalue weighted by atomic mass is 13.9. The Bertz CT molecular complexity index is 133. The van der Waals surface area contributed by atoms with Crippen molar-refractivity contribution in [2.24, 2.45) is 5.92 Å². The van der Waals surface area contributed by atoms with Gasteiger partial charge in [0.2, 0.25) is 0 Å². The molecule has 1 rings (SSSR count). The highest BCUT2D eigenvalue weighted by molar-refractivity contribution is 4.99. The quantitative estimate of drug-likeness (QED) is 0.525. The SMILES string of the molecule is C1#CCCCCCC1.CCC(C)C. The minimum atomic E-state index is 0.884. The third kappa shape index (κ3) is 11.6. The maximum atomic E-state index is 3.14. The van der Waals surface area contributed by atoms with Gasteiger partial charge in [-0.05, 0) is 18.8 Å². The van der Waals surface area contributed by atoms with Crippen LogP contribution in [-0.4, -0.2) is 0 Å². The van der Waals surface area contributed by atoms with E-state index < -0.39 is 0 Å². The van der Waals surface area contributed by atoms with Gasteiger partial charge in [-0.15, -0.1) is 11.8 Å². The maximum Gasteiger partial charge on any atom is 0.00886 e. The Balaban J connectivity index is 0.000000252. The van der Waals surface area contributed by atoms with Gasteiger partial charge in [0.25, 0.3) is 0 Å². The molecular formula is C13H24. The van der Waals surface area contributed by atoms with Gasteiger partial charge in [0.15, 0.2) is 0 Å². The van der Waals surface area contributed by atoms with E-state index in [0.29, 0.717) is 0 Å². The zero-order valence-corrected chi connectivity index (χ0v) is 9.53. The molecule has 0 saturated carbocycles. The van der Waals surface area contributed by atoms with Crippen LogP contribution in [0.15, 0.2) is 0 Å². The number of rotatable bonds is 1. The summed E-state index contributed by atoms with van der Waals surface area (Å²) < 4.78 is 0. The molecule has 0 amide bonds. The summed E-state index contributed by atoms with van der Waals surface area (Å²) in [5, 5.41) is 0. The Morgan fingerprint density at radius 3 is 1.62 bits per heavy atom. The van der Waals surface area contributed by atoms with E-state index in [9.17, 15) is 0 Å². The first-order chi connectivity index (χ1) is 6.27. The van der Waals surface area contributed by atoms with Crippen LogP contribution < -0.4 is 0 Å². The molecule has 76 valence electrons. The lowest BCUT2D eigenvalue weighted by atomic mass is 10.1. The summed E-state index contributed by atoms with van der Waals surface area (Å²) in [5.74, 6) is 7.16. The largest absolute Gasteiger partial charge is 0.103 e. The van der Waals surface area contributed by atoms with Crippen molar-refractivity contribution in [1.29, 1.82) is 0 Å². The van der Waals surface area contributed by atoms with Crippen molar-refractivity contribution in [1.82, 2.24) is 0 Å². The Labute approximate surface area is 84.1 Å². The van der Waals surface area contributed by atoms with Gasteiger partial charge in [0.1, 0.15) is 0 Å². The van der Waals surface area contributed by atoms with E-state index in [1.807, 2.05) is 0 Å². The van der Waals surface area contributed by atoms with Gasteiger partial charge in [0, 0.05) is 12.8 Å². The van der Waals surface area contributed by atoms with Gasteiger partial charge in [-0.3, -0.25) is 0 Å². The number of hydrogen-bond acceptors (Lipinski definition) is 0. The standard InChI is InChI=1S/C8H12.C5H12/c1-2-4-6-8-7-5-3-1;1-4-5(2)3/h1-6H2;5H,4H2,1-3H3. The van der Waals surface area contributed by atoms with Crippen molar-refractivity contribution in [2.75, 3.05) is 0 Å². The van der Waals surface area contributed by atoms with Crippen LogP contribution in [0.4, 0.5) is 0 Å². The fraction of sp³-hybridized carbons (Fsp3) is 0.846. The third-order valence-corrected chi connectivity index (χ3v) is 2.30. The molecule has 0 aromatic carbocycles. The Morgan fingerprint density at radius 2 is 1.31 bits per heavy atom. The molecule has 1 aliphatic carbocycles. The zero-order chi connectivity index (χ0) is 9.94. The molecule has 0 aromatic heterocycles. The second kappa shape index (κ2) is 9.65. The lowest BCUT2D eigenvalue weighted by molar-refractivity contribution is 0.626. The molecule has 0 atom stereocenters. The fourth-order valence-corrected chi connectivity index (χ4v) is 0.957. The molecule has 0 saturated heterocycles. The van der Waals surface area contributed by atoms with Crippen LogP contribution in [0.2, 0.25) is 0 Å². The molecule has 0 heterocycles. The van der Waals surface area contributed by atoms with Crippen molar-refractivity contribution in [2.45, 2.75) is 65.7 Å². The van der Waals surface area contributed by atoms with E-state index in [2.05, 4.69) is 32.6 Å². The monoisotopic (exact) mass is 180 g/mol. The summed E-state index contributed by atoms with van der Waals surface area (Å²) in [6, 6.07) is 0. The molecule has 13 heavy (non-hydrogen) atoms. The molecular weight excluding hydrogens is 156 g/mol. The maximum absolute atomic E-state index is 3.14. The molecule has 0 aromatic rings. The molecule has 0 nitrogen and oxygen atoms in total. The molecule has 0 radical (unpaired) electrons. The topological polar surface area (TPSA) is 0 Å². The van der Waals surface area contributed by atoms with Gasteiger partial charge in [-0.2, -0.15) is 0 Å². The van der Waals surface area contributed by atoms with Crippen molar-refractivity contribution in [3.8, 4) is 11.8 Å². The smallest absolute Gasteiger partial charge is 0.00886 e. The Morgan fingerprint density at radius 1 is 0.923 bits per heavy atom. The molecule has 0 unspecified atom stereocenters. The van der Waals surface area contributed by atoms with E-state index in [1.165, 1.54) is 32.1 Å². The highest BCUT2D eigenvalue weighted by Gasteiger charge is 1.89. The fourth-order valence-electron chi connectivity index (χ4n) is 0.957. The summed E-state index contributed by atoms with van der Waals surface area (Å²) >= 11 is 0. The molecule has 0 N–H and O–H groups in total. The highest BCUT2D eigenvalue weighted by Crippen LogP contribution is 2.06. The van der Waals surface area contributed by atoms with Crippen LogP contribution in [0.25, 0.3) is 0 Å². The molecule has 1 aliphatic rings. The lowest BCUT2D eigenvalue weighted by Gasteiger charge is -1.97. The van der Waals surface area contributed by atoms with E-state index in [-0.39, 0.29) is 0 Å². The van der Waals surface area contributed by atoms with Gasteiger partial charge in [0.05, 0.1) is 0 Å². The summed E-state index contributed by atoms with van der Waals surface area (Å²) in [6.45, 7) is 6.64. The predicted octanol–water partition coefficient (Wildman–Crippen LogP) is 4.40. The van der Waals surface area contributed by atoms with Gasteiger partial charge in [-0.25, -0.2) is 0 Å². The minimum absolute atomic E-state index is 0.884. The zero-order valence-electron chi connectivity index (χ0n) is 9.53. The van der Waals surface area contributed by atoms with Crippen LogP contribution in [0.3, 0.4) is 0 Å². The van der Waals surface area contributed by atoms with Crippen LogP contribution in [0.5, 0.6) is 0 Å². The molecule has 0 aliphatic heterocycles. The van der Waals surface area contributed by atoms with E-state index >= 15 is 0 Å². The van der Waals surface area contributed by atoms with Crippen molar-refractivity contribution in [3.05, 3.63) is 0 Å². The van der Waals surface area contributed by atoms with Crippen LogP contribution >= 0.6 is 0 Å². The first-order valence-corrected chi connectivity index (χ1v) is 5.73. The Kier molecular flexibility index (Phi) is 9.32. The summed E-state index contributed by atoms with van der Waals surface area (Å²) in [6.07, 6.45) is 9.03. The van der Waals surface area contributed by atoms with Gasteiger partial charge < -0.3 is 0 Å². The molecule has 0 heteroatoms. The Hall–Kier alpha value is -0.440. The molecule has 0 spiro atoms. The van der Waals surface area contributed by atoms with Crippen molar-refractivity contribution in [3.63, 3.8) is 0 Å². The van der Waals surface area contributed by atoms with Crippen LogP contribution in [0.1, 0.15) is 65.7 Å². The van der Waals surface area contributed by atoms with Gasteiger partial charge in [-0.1, -0.05) is 40.0 Å². The van der Waals surface area contributed by atoms with E-state index in [1.54, 1.807) is 0 Å². The third-order valence-electron chi connectivity index (χ3n) is 2.30. The first-order valence-electron chi connectivity index (χ1n) is 5.73.